The largest absolute Gasteiger partial charge is 0.310 e. The summed E-state index contributed by atoms with van der Waals surface area (Å²) in [4.78, 5) is 9.80. The Morgan fingerprint density at radius 1 is 0.358 bits per heavy atom. The second-order valence-corrected chi connectivity index (χ2v) is 14.5. The van der Waals surface area contributed by atoms with Gasteiger partial charge in [-0.1, -0.05) is 117 Å². The van der Waals surface area contributed by atoms with Crippen molar-refractivity contribution in [1.82, 2.24) is 4.98 Å². The number of nitrogens with zero attached hydrogens (tertiary/aromatic N) is 3. The second-order valence-electron chi connectivity index (χ2n) is 14.5. The third kappa shape index (κ3) is 5.24. The van der Waals surface area contributed by atoms with E-state index in [2.05, 4.69) is 206 Å². The lowest BCUT2D eigenvalue weighted by molar-refractivity contribution is 0.661. The molecule has 0 amide bonds. The number of hydrogen-bond acceptors (Lipinski definition) is 3. The molecule has 8 aromatic carbocycles. The first-order chi connectivity index (χ1) is 26.0. The molecule has 1 heterocycles. The molecule has 0 saturated carbocycles. The predicted molar refractivity (Wildman–Crippen MR) is 224 cm³/mol. The minimum absolute atomic E-state index is 0.214. The normalized spacial score (nSPS) is 12.9. The van der Waals surface area contributed by atoms with Crippen molar-refractivity contribution in [2.24, 2.45) is 0 Å². The Morgan fingerprint density at radius 2 is 0.830 bits per heavy atom. The Kier molecular flexibility index (Phi) is 7.16. The van der Waals surface area contributed by atoms with Crippen molar-refractivity contribution in [1.29, 1.82) is 0 Å². The van der Waals surface area contributed by atoms with Gasteiger partial charge < -0.3 is 9.80 Å². The van der Waals surface area contributed by atoms with Crippen LogP contribution in [0.25, 0.3) is 43.6 Å². The number of hydrogen-bond donors (Lipinski definition) is 0. The summed E-state index contributed by atoms with van der Waals surface area (Å²) in [5.74, 6) is 0. The molecule has 10 rings (SSSR count). The molecule has 53 heavy (non-hydrogen) atoms. The number of para-hydroxylation sites is 2. The van der Waals surface area contributed by atoms with Crippen molar-refractivity contribution in [3.63, 3.8) is 0 Å². The van der Waals surface area contributed by atoms with Gasteiger partial charge in [-0.3, -0.25) is 4.98 Å². The van der Waals surface area contributed by atoms with Crippen LogP contribution in [-0.4, -0.2) is 4.98 Å². The van der Waals surface area contributed by atoms with Gasteiger partial charge in [-0.15, -0.1) is 0 Å². The molecule has 252 valence electrons. The van der Waals surface area contributed by atoms with Crippen molar-refractivity contribution < 1.29 is 0 Å². The summed E-state index contributed by atoms with van der Waals surface area (Å²) in [5, 5.41) is 6.03. The van der Waals surface area contributed by atoms with Crippen LogP contribution in [0.3, 0.4) is 0 Å². The Labute approximate surface area is 310 Å². The molecule has 0 fully saturated rings. The van der Waals surface area contributed by atoms with Crippen molar-refractivity contribution in [3.05, 3.63) is 199 Å². The van der Waals surface area contributed by atoms with E-state index in [1.54, 1.807) is 0 Å². The third-order valence-electron chi connectivity index (χ3n) is 11.0. The molecule has 3 nitrogen and oxygen atoms in total. The molecule has 9 aromatic rings. The van der Waals surface area contributed by atoms with Crippen LogP contribution in [0.1, 0.15) is 25.0 Å². The number of rotatable bonds is 6. The van der Waals surface area contributed by atoms with Crippen LogP contribution in [0.2, 0.25) is 0 Å². The fraction of sp³-hybridized carbons (Fsp3) is 0.0600. The number of benzene rings is 8. The highest BCUT2D eigenvalue weighted by molar-refractivity contribution is 5.96. The Hall–Kier alpha value is -6.71. The van der Waals surface area contributed by atoms with Gasteiger partial charge in [0.1, 0.15) is 0 Å². The Balaban J connectivity index is 1.08. The van der Waals surface area contributed by atoms with Crippen LogP contribution in [-0.2, 0) is 5.41 Å². The molecule has 1 aromatic heterocycles. The summed E-state index contributed by atoms with van der Waals surface area (Å²) < 4.78 is 0. The lowest BCUT2D eigenvalue weighted by Crippen LogP contribution is -2.16. The molecular formula is C50H37N3. The highest BCUT2D eigenvalue weighted by atomic mass is 15.2. The van der Waals surface area contributed by atoms with E-state index in [1.807, 2.05) is 6.20 Å². The standard InChI is InChI=1S/C50H37N3/c1-50(2)47-30-38-29-44(53(40-19-7-4-8-20-40)42-24-22-35-14-10-12-16-37(35)28-42)33-51-49(38)32-46(47)45-26-25-43(31-48(45)50)52(39-17-5-3-6-18-39)41-23-21-34-13-9-11-15-36(34)27-41/h3-33H,1-2H3. The summed E-state index contributed by atoms with van der Waals surface area (Å²) in [6.45, 7) is 4.72. The van der Waals surface area contributed by atoms with E-state index >= 15 is 0 Å². The molecule has 0 unspecified atom stereocenters. The van der Waals surface area contributed by atoms with E-state index in [-0.39, 0.29) is 5.41 Å². The molecule has 0 atom stereocenters. The van der Waals surface area contributed by atoms with E-state index in [0.29, 0.717) is 0 Å². The lowest BCUT2D eigenvalue weighted by Gasteiger charge is -2.28. The third-order valence-corrected chi connectivity index (χ3v) is 11.0. The average Bonchev–Trinajstić information content (AvgIpc) is 3.42. The molecule has 0 radical (unpaired) electrons. The number of anilines is 6. The van der Waals surface area contributed by atoms with Crippen molar-refractivity contribution in [2.75, 3.05) is 9.80 Å². The van der Waals surface area contributed by atoms with Gasteiger partial charge in [0.15, 0.2) is 0 Å². The van der Waals surface area contributed by atoms with Gasteiger partial charge in [-0.25, -0.2) is 0 Å². The zero-order valence-corrected chi connectivity index (χ0v) is 29.7. The summed E-state index contributed by atoms with van der Waals surface area (Å²) in [6, 6.07) is 65.7. The molecule has 0 saturated heterocycles. The summed E-state index contributed by atoms with van der Waals surface area (Å²) in [6.07, 6.45) is 2.02. The number of fused-ring (bicyclic) bond motifs is 6. The van der Waals surface area contributed by atoms with Crippen LogP contribution in [0, 0.1) is 0 Å². The van der Waals surface area contributed by atoms with Gasteiger partial charge >= 0.3 is 0 Å². The summed E-state index contributed by atoms with van der Waals surface area (Å²) in [7, 11) is 0. The smallest absolute Gasteiger partial charge is 0.0710 e. The maximum atomic E-state index is 5.11. The van der Waals surface area contributed by atoms with Crippen molar-refractivity contribution in [3.8, 4) is 11.1 Å². The molecule has 0 N–H and O–H groups in total. The van der Waals surface area contributed by atoms with Gasteiger partial charge in [-0.05, 0) is 123 Å². The van der Waals surface area contributed by atoms with E-state index in [4.69, 9.17) is 4.98 Å². The summed E-state index contributed by atoms with van der Waals surface area (Å²) >= 11 is 0. The van der Waals surface area contributed by atoms with Crippen LogP contribution in [0.4, 0.5) is 34.1 Å². The van der Waals surface area contributed by atoms with Crippen LogP contribution in [0.15, 0.2) is 188 Å². The Morgan fingerprint density at radius 3 is 1.43 bits per heavy atom. The molecular weight excluding hydrogens is 643 g/mol. The molecule has 1 aliphatic carbocycles. The molecule has 1 aliphatic rings. The Bertz CT molecular complexity index is 2820. The van der Waals surface area contributed by atoms with Gasteiger partial charge in [0.05, 0.1) is 17.4 Å². The number of aromatic nitrogens is 1. The van der Waals surface area contributed by atoms with Gasteiger partial charge in [0.25, 0.3) is 0 Å². The van der Waals surface area contributed by atoms with Gasteiger partial charge in [0, 0.05) is 39.2 Å². The first-order valence-corrected chi connectivity index (χ1v) is 18.3. The maximum Gasteiger partial charge on any atom is 0.0710 e. The quantitative estimate of drug-likeness (QED) is 0.174. The minimum atomic E-state index is -0.214. The number of pyridine rings is 1. The topological polar surface area (TPSA) is 19.4 Å². The van der Waals surface area contributed by atoms with Crippen LogP contribution in [0.5, 0.6) is 0 Å². The molecule has 3 heteroatoms. The van der Waals surface area contributed by atoms with E-state index in [9.17, 15) is 0 Å². The predicted octanol–water partition coefficient (Wildman–Crippen LogP) is 13.8. The van der Waals surface area contributed by atoms with Crippen molar-refractivity contribution in [2.45, 2.75) is 19.3 Å². The van der Waals surface area contributed by atoms with Crippen LogP contribution < -0.4 is 9.80 Å². The molecule has 0 bridgehead atoms. The minimum Gasteiger partial charge on any atom is -0.310 e. The SMILES string of the molecule is CC1(C)c2cc(N(c3ccccc3)c3ccc4ccccc4c3)ccc2-c2cc3ncc(N(c4ccccc4)c4ccc5ccccc5c4)cc3cc21. The average molecular weight is 680 g/mol. The fourth-order valence-corrected chi connectivity index (χ4v) is 8.28. The zero-order chi connectivity index (χ0) is 35.5. The van der Waals surface area contributed by atoms with Gasteiger partial charge in [0.2, 0.25) is 0 Å². The van der Waals surface area contributed by atoms with E-state index in [1.165, 1.54) is 43.8 Å². The van der Waals surface area contributed by atoms with E-state index < -0.39 is 0 Å². The maximum absolute atomic E-state index is 5.11. The highest BCUT2D eigenvalue weighted by Gasteiger charge is 2.36. The fourth-order valence-electron chi connectivity index (χ4n) is 8.28. The first kappa shape index (κ1) is 31.1. The second kappa shape index (κ2) is 12.2. The highest BCUT2D eigenvalue weighted by Crippen LogP contribution is 2.52. The van der Waals surface area contributed by atoms with Crippen molar-refractivity contribution >= 4 is 66.6 Å². The zero-order valence-electron chi connectivity index (χ0n) is 29.7. The first-order valence-electron chi connectivity index (χ1n) is 18.3. The monoisotopic (exact) mass is 679 g/mol. The van der Waals surface area contributed by atoms with Crippen LogP contribution >= 0.6 is 0 Å². The van der Waals surface area contributed by atoms with E-state index in [0.717, 1.165) is 45.0 Å². The lowest BCUT2D eigenvalue weighted by atomic mass is 9.82. The molecule has 0 spiro atoms. The van der Waals surface area contributed by atoms with Gasteiger partial charge in [-0.2, -0.15) is 0 Å². The molecule has 0 aliphatic heterocycles. The summed E-state index contributed by atoms with van der Waals surface area (Å²) in [5.41, 5.74) is 12.6.